The quantitative estimate of drug-likeness (QED) is 0.586. The van der Waals surface area contributed by atoms with Crippen LogP contribution in [0.5, 0.6) is 0 Å². The Hall–Kier alpha value is -1.82. The zero-order valence-electron chi connectivity index (χ0n) is 10.5. The summed E-state index contributed by atoms with van der Waals surface area (Å²) in [5.41, 5.74) is 4.10. The molecule has 0 saturated carbocycles. The monoisotopic (exact) mass is 241 g/mol. The summed E-state index contributed by atoms with van der Waals surface area (Å²) in [6.45, 7) is 9.50. The van der Waals surface area contributed by atoms with Crippen molar-refractivity contribution >= 4 is 5.97 Å². The Morgan fingerprint density at radius 3 is 2.22 bits per heavy atom. The fourth-order valence-electron chi connectivity index (χ4n) is 2.91. The third kappa shape index (κ3) is 1.45. The van der Waals surface area contributed by atoms with Crippen molar-refractivity contribution in [2.24, 2.45) is 0 Å². The zero-order chi connectivity index (χ0) is 12.8. The molecule has 3 nitrogen and oxygen atoms in total. The van der Waals surface area contributed by atoms with Gasteiger partial charge in [0.15, 0.2) is 0 Å². The maximum Gasteiger partial charge on any atom is 0.394 e. The van der Waals surface area contributed by atoms with Crippen LogP contribution in [0.1, 0.15) is 29.2 Å². The highest BCUT2D eigenvalue weighted by molar-refractivity contribution is 5.85. The van der Waals surface area contributed by atoms with Crippen LogP contribution in [0.3, 0.4) is 0 Å². The number of ether oxygens (including phenoxy) is 1. The van der Waals surface area contributed by atoms with Crippen LogP contribution in [0.15, 0.2) is 12.1 Å². The summed E-state index contributed by atoms with van der Waals surface area (Å²) in [7, 11) is 0. The summed E-state index contributed by atoms with van der Waals surface area (Å²) in [6.07, 6.45) is 3.29. The summed E-state index contributed by atoms with van der Waals surface area (Å²) >= 11 is 0. The summed E-state index contributed by atoms with van der Waals surface area (Å²) in [5, 5.41) is 0. The Bertz CT molecular complexity index is 536. The van der Waals surface area contributed by atoms with Crippen molar-refractivity contribution in [3.05, 3.63) is 45.8 Å². The lowest BCUT2D eigenvalue weighted by atomic mass is 9.85. The van der Waals surface area contributed by atoms with E-state index in [1.165, 1.54) is 11.1 Å². The van der Waals surface area contributed by atoms with E-state index in [1.54, 1.807) is 6.92 Å². The lowest BCUT2D eigenvalue weighted by Crippen LogP contribution is -2.37. The van der Waals surface area contributed by atoms with E-state index in [0.29, 0.717) is 19.4 Å². The van der Waals surface area contributed by atoms with Gasteiger partial charge < -0.3 is 4.74 Å². The minimum atomic E-state index is -1.00. The van der Waals surface area contributed by atoms with Gasteiger partial charge in [-0.15, -0.1) is 0 Å². The second kappa shape index (κ2) is 3.84. The molecule has 1 aromatic rings. The maximum absolute atomic E-state index is 12.0. The highest BCUT2D eigenvalue weighted by atomic mass is 16.5. The van der Waals surface area contributed by atoms with Gasteiger partial charge in [0.1, 0.15) is 0 Å². The minimum absolute atomic E-state index is 0.336. The molecule has 0 N–H and O–H groups in total. The number of fused-ring (bicyclic) bond motifs is 2. The molecule has 0 fully saturated rings. The molecule has 0 spiro atoms. The van der Waals surface area contributed by atoms with Crippen molar-refractivity contribution in [3.63, 3.8) is 0 Å². The Kier molecular flexibility index (Phi) is 2.41. The first kappa shape index (κ1) is 11.3. The Morgan fingerprint density at radius 2 is 1.83 bits per heavy atom. The van der Waals surface area contributed by atoms with Crippen molar-refractivity contribution < 1.29 is 9.53 Å². The molecule has 0 amide bonds. The molecule has 92 valence electrons. The summed E-state index contributed by atoms with van der Waals surface area (Å²) < 4.78 is 5.07. The number of aryl methyl sites for hydroxylation is 2. The van der Waals surface area contributed by atoms with E-state index in [0.717, 1.165) is 24.0 Å². The van der Waals surface area contributed by atoms with Gasteiger partial charge in [0.2, 0.25) is 0 Å². The van der Waals surface area contributed by atoms with Gasteiger partial charge in [-0.05, 0) is 42.0 Å². The summed E-state index contributed by atoms with van der Waals surface area (Å²) in [6, 6.07) is 4.36. The molecule has 0 saturated heterocycles. The van der Waals surface area contributed by atoms with E-state index in [4.69, 9.17) is 11.3 Å². The van der Waals surface area contributed by atoms with E-state index in [1.807, 2.05) is 0 Å². The molecule has 0 atom stereocenters. The number of rotatable bonds is 2. The van der Waals surface area contributed by atoms with Gasteiger partial charge in [0.25, 0.3) is 0 Å². The first-order chi connectivity index (χ1) is 8.68. The van der Waals surface area contributed by atoms with Crippen molar-refractivity contribution in [1.82, 2.24) is 0 Å². The number of nitrogens with zero attached hydrogens (tertiary/aromatic N) is 1. The van der Waals surface area contributed by atoms with Crippen molar-refractivity contribution in [2.45, 2.75) is 38.1 Å². The molecule has 3 heteroatoms. The van der Waals surface area contributed by atoms with Crippen LogP contribution in [0, 0.1) is 6.57 Å². The second-order valence-electron chi connectivity index (χ2n) is 5.11. The average molecular weight is 241 g/mol. The lowest BCUT2D eigenvalue weighted by Gasteiger charge is -2.19. The molecule has 0 heterocycles. The molecule has 0 unspecified atom stereocenters. The normalized spacial score (nSPS) is 18.2. The van der Waals surface area contributed by atoms with Gasteiger partial charge in [-0.2, -0.15) is 0 Å². The van der Waals surface area contributed by atoms with Crippen molar-refractivity contribution in [3.8, 4) is 0 Å². The van der Waals surface area contributed by atoms with Gasteiger partial charge >= 0.3 is 11.5 Å². The number of carbonyl (C=O) groups excluding carboxylic acids is 1. The molecule has 0 aliphatic heterocycles. The van der Waals surface area contributed by atoms with Crippen molar-refractivity contribution in [1.29, 1.82) is 0 Å². The standard InChI is InChI=1S/C15H15NO2/c1-3-18-14(17)15(16-2)8-12-6-10-4-5-11(10)7-13(12)9-15/h6-7H,3-5,8-9H2,1H3. The van der Waals surface area contributed by atoms with Crippen LogP contribution in [0.2, 0.25) is 0 Å². The van der Waals surface area contributed by atoms with Gasteiger partial charge in [-0.25, -0.2) is 11.4 Å². The fourth-order valence-corrected chi connectivity index (χ4v) is 2.91. The highest BCUT2D eigenvalue weighted by Crippen LogP contribution is 2.38. The average Bonchev–Trinajstić information content (AvgIpc) is 2.71. The summed E-state index contributed by atoms with van der Waals surface area (Å²) in [5.74, 6) is -0.362. The Labute approximate surface area is 107 Å². The van der Waals surface area contributed by atoms with Crippen LogP contribution < -0.4 is 0 Å². The number of hydrogen-bond acceptors (Lipinski definition) is 2. The predicted octanol–water partition coefficient (Wildman–Crippen LogP) is 2.10. The molecule has 0 bridgehead atoms. The molecule has 0 aromatic heterocycles. The van der Waals surface area contributed by atoms with Gasteiger partial charge in [0, 0.05) is 0 Å². The molecular weight excluding hydrogens is 226 g/mol. The molecular formula is C15H15NO2. The zero-order valence-corrected chi connectivity index (χ0v) is 10.5. The molecule has 3 rings (SSSR count). The topological polar surface area (TPSA) is 30.7 Å². The van der Waals surface area contributed by atoms with Crippen LogP contribution in [-0.2, 0) is 35.2 Å². The van der Waals surface area contributed by atoms with Crippen LogP contribution in [-0.4, -0.2) is 18.1 Å². The molecule has 18 heavy (non-hydrogen) atoms. The number of carbonyl (C=O) groups is 1. The van der Waals surface area contributed by atoms with Crippen molar-refractivity contribution in [2.75, 3.05) is 6.61 Å². The minimum Gasteiger partial charge on any atom is -0.460 e. The van der Waals surface area contributed by atoms with E-state index >= 15 is 0 Å². The maximum atomic E-state index is 12.0. The van der Waals surface area contributed by atoms with Gasteiger partial charge in [-0.3, -0.25) is 4.85 Å². The molecule has 0 radical (unpaired) electrons. The SMILES string of the molecule is [C-]#[N+]C1(C(=O)OCC)Cc2cc3c(cc2C1)CC3. The second-order valence-corrected chi connectivity index (χ2v) is 5.11. The van der Waals surface area contributed by atoms with Gasteiger partial charge in [-0.1, -0.05) is 12.1 Å². The molecule has 1 aromatic carbocycles. The summed E-state index contributed by atoms with van der Waals surface area (Å²) in [4.78, 5) is 15.6. The fraction of sp³-hybridized carbons (Fsp3) is 0.467. The number of benzene rings is 1. The molecule has 2 aliphatic carbocycles. The van der Waals surface area contributed by atoms with Crippen LogP contribution in [0.4, 0.5) is 0 Å². The molecule has 2 aliphatic rings. The van der Waals surface area contributed by atoms with E-state index in [9.17, 15) is 4.79 Å². The van der Waals surface area contributed by atoms with Crippen LogP contribution in [0.25, 0.3) is 4.85 Å². The smallest absolute Gasteiger partial charge is 0.394 e. The number of hydrogen-bond donors (Lipinski definition) is 0. The Morgan fingerprint density at radius 1 is 1.28 bits per heavy atom. The lowest BCUT2D eigenvalue weighted by molar-refractivity contribution is -0.147. The van der Waals surface area contributed by atoms with E-state index in [2.05, 4.69) is 17.0 Å². The Balaban J connectivity index is 1.95. The first-order valence-corrected chi connectivity index (χ1v) is 6.38. The largest absolute Gasteiger partial charge is 0.460 e. The number of esters is 1. The first-order valence-electron chi connectivity index (χ1n) is 6.38. The predicted molar refractivity (Wildman–Crippen MR) is 67.2 cm³/mol. The van der Waals surface area contributed by atoms with Crippen LogP contribution >= 0.6 is 0 Å². The van der Waals surface area contributed by atoms with E-state index in [-0.39, 0.29) is 5.97 Å². The highest BCUT2D eigenvalue weighted by Gasteiger charge is 2.52. The third-order valence-corrected chi connectivity index (χ3v) is 4.02. The van der Waals surface area contributed by atoms with E-state index < -0.39 is 5.54 Å². The third-order valence-electron chi connectivity index (χ3n) is 4.02. The van der Waals surface area contributed by atoms with Gasteiger partial charge in [0.05, 0.1) is 19.4 Å².